The van der Waals surface area contributed by atoms with Crippen molar-refractivity contribution in [3.8, 4) is 11.3 Å². The molecule has 1 heterocycles. The van der Waals surface area contributed by atoms with Gasteiger partial charge >= 0.3 is 0 Å². The molecule has 0 aliphatic heterocycles. The molecule has 0 spiro atoms. The first-order valence-electron chi connectivity index (χ1n) is 8.40. The lowest BCUT2D eigenvalue weighted by Crippen LogP contribution is -2.21. The Morgan fingerprint density at radius 2 is 1.85 bits per heavy atom. The SMILES string of the molecule is Cc1cc(F)ccc1Nc1cc(-c2ccccc2)nc(N[C@@H](C)CO)n1. The highest BCUT2D eigenvalue weighted by Crippen LogP contribution is 2.25. The van der Waals surface area contributed by atoms with Gasteiger partial charge in [-0.25, -0.2) is 9.37 Å². The first-order valence-corrected chi connectivity index (χ1v) is 8.40. The Morgan fingerprint density at radius 1 is 1.08 bits per heavy atom. The van der Waals surface area contributed by atoms with Gasteiger partial charge in [-0.2, -0.15) is 4.98 Å². The third-order valence-corrected chi connectivity index (χ3v) is 3.90. The molecule has 0 saturated heterocycles. The second-order valence-corrected chi connectivity index (χ2v) is 6.14. The van der Waals surface area contributed by atoms with Gasteiger partial charge < -0.3 is 15.7 Å². The number of rotatable bonds is 6. The summed E-state index contributed by atoms with van der Waals surface area (Å²) in [7, 11) is 0. The van der Waals surface area contributed by atoms with Crippen molar-refractivity contribution in [2.75, 3.05) is 17.2 Å². The third kappa shape index (κ3) is 4.34. The monoisotopic (exact) mass is 352 g/mol. The fourth-order valence-corrected chi connectivity index (χ4v) is 2.50. The number of anilines is 3. The predicted octanol–water partition coefficient (Wildman–Crippen LogP) is 4.13. The zero-order chi connectivity index (χ0) is 18.5. The van der Waals surface area contributed by atoms with Crippen LogP contribution in [0.1, 0.15) is 12.5 Å². The summed E-state index contributed by atoms with van der Waals surface area (Å²) < 4.78 is 13.3. The van der Waals surface area contributed by atoms with Crippen LogP contribution < -0.4 is 10.6 Å². The lowest BCUT2D eigenvalue weighted by atomic mass is 10.1. The van der Waals surface area contributed by atoms with E-state index in [0.29, 0.717) is 11.8 Å². The topological polar surface area (TPSA) is 70.1 Å². The van der Waals surface area contributed by atoms with Crippen molar-refractivity contribution in [3.63, 3.8) is 0 Å². The lowest BCUT2D eigenvalue weighted by Gasteiger charge is -2.15. The van der Waals surface area contributed by atoms with E-state index in [1.165, 1.54) is 12.1 Å². The first kappa shape index (κ1) is 17.8. The van der Waals surface area contributed by atoms with Gasteiger partial charge in [-0.15, -0.1) is 0 Å². The second-order valence-electron chi connectivity index (χ2n) is 6.14. The van der Waals surface area contributed by atoms with Crippen LogP contribution in [0, 0.1) is 12.7 Å². The standard InChI is InChI=1S/C20H21FN4O/c1-13-10-16(21)8-9-17(13)23-19-11-18(15-6-4-3-5-7-15)24-20(25-19)22-14(2)12-26/h3-11,14,26H,12H2,1-2H3,(H2,22,23,24,25)/t14-/m0/s1. The van der Waals surface area contributed by atoms with Crippen molar-refractivity contribution in [1.29, 1.82) is 0 Å². The third-order valence-electron chi connectivity index (χ3n) is 3.90. The van der Waals surface area contributed by atoms with Crippen LogP contribution in [0.2, 0.25) is 0 Å². The molecule has 0 bridgehead atoms. The summed E-state index contributed by atoms with van der Waals surface area (Å²) in [4.78, 5) is 9.00. The van der Waals surface area contributed by atoms with Crippen LogP contribution in [0.4, 0.5) is 21.8 Å². The number of aliphatic hydroxyl groups excluding tert-OH is 1. The molecule has 0 unspecified atom stereocenters. The summed E-state index contributed by atoms with van der Waals surface area (Å²) >= 11 is 0. The first-order chi connectivity index (χ1) is 12.5. The Bertz CT molecular complexity index is 886. The van der Waals surface area contributed by atoms with Gasteiger partial charge in [0.25, 0.3) is 0 Å². The van der Waals surface area contributed by atoms with Crippen molar-refractivity contribution in [2.24, 2.45) is 0 Å². The van der Waals surface area contributed by atoms with E-state index in [2.05, 4.69) is 20.6 Å². The Morgan fingerprint density at radius 3 is 2.54 bits per heavy atom. The molecule has 3 aromatic rings. The summed E-state index contributed by atoms with van der Waals surface area (Å²) in [5.74, 6) is 0.719. The summed E-state index contributed by atoms with van der Waals surface area (Å²) in [6.07, 6.45) is 0. The molecule has 3 rings (SSSR count). The van der Waals surface area contributed by atoms with Crippen molar-refractivity contribution < 1.29 is 9.50 Å². The maximum absolute atomic E-state index is 13.3. The summed E-state index contributed by atoms with van der Waals surface area (Å²) in [6, 6.07) is 16.0. The highest BCUT2D eigenvalue weighted by molar-refractivity contribution is 5.68. The largest absolute Gasteiger partial charge is 0.394 e. The van der Waals surface area contributed by atoms with Gasteiger partial charge in [0.2, 0.25) is 5.95 Å². The highest BCUT2D eigenvalue weighted by Gasteiger charge is 2.10. The van der Waals surface area contributed by atoms with Gasteiger partial charge in [0.05, 0.1) is 12.3 Å². The molecule has 26 heavy (non-hydrogen) atoms. The number of aliphatic hydroxyl groups is 1. The number of nitrogens with zero attached hydrogens (tertiary/aromatic N) is 2. The van der Waals surface area contributed by atoms with Crippen LogP contribution in [0.5, 0.6) is 0 Å². The zero-order valence-electron chi connectivity index (χ0n) is 14.7. The molecular weight excluding hydrogens is 331 g/mol. The molecule has 0 amide bonds. The Labute approximate surface area is 152 Å². The van der Waals surface area contributed by atoms with Crippen LogP contribution in [-0.4, -0.2) is 27.7 Å². The molecule has 1 atom stereocenters. The number of aryl methyl sites for hydroxylation is 1. The molecule has 0 aliphatic carbocycles. The fraction of sp³-hybridized carbons (Fsp3) is 0.200. The molecule has 5 nitrogen and oxygen atoms in total. The molecule has 0 aliphatic rings. The highest BCUT2D eigenvalue weighted by atomic mass is 19.1. The van der Waals surface area contributed by atoms with Crippen molar-refractivity contribution >= 4 is 17.5 Å². The van der Waals surface area contributed by atoms with Gasteiger partial charge in [-0.1, -0.05) is 30.3 Å². The van der Waals surface area contributed by atoms with Crippen LogP contribution in [0.15, 0.2) is 54.6 Å². The summed E-state index contributed by atoms with van der Waals surface area (Å²) in [5.41, 5.74) is 3.25. The van der Waals surface area contributed by atoms with Gasteiger partial charge in [0.1, 0.15) is 11.6 Å². The van der Waals surface area contributed by atoms with E-state index >= 15 is 0 Å². The second kappa shape index (κ2) is 7.93. The van der Waals surface area contributed by atoms with Crippen molar-refractivity contribution in [3.05, 3.63) is 66.0 Å². The Kier molecular flexibility index (Phi) is 5.43. The number of hydrogen-bond acceptors (Lipinski definition) is 5. The maximum atomic E-state index is 13.3. The van der Waals surface area contributed by atoms with Gasteiger partial charge in [0.15, 0.2) is 0 Å². The van der Waals surface area contributed by atoms with E-state index in [9.17, 15) is 9.50 Å². The minimum Gasteiger partial charge on any atom is -0.394 e. The molecule has 0 radical (unpaired) electrons. The molecule has 2 aromatic carbocycles. The molecule has 6 heteroatoms. The average molecular weight is 352 g/mol. The van der Waals surface area contributed by atoms with Gasteiger partial charge in [-0.3, -0.25) is 0 Å². The Balaban J connectivity index is 1.98. The van der Waals surface area contributed by atoms with Crippen molar-refractivity contribution in [2.45, 2.75) is 19.9 Å². The molecule has 134 valence electrons. The maximum Gasteiger partial charge on any atom is 0.225 e. The number of hydrogen-bond donors (Lipinski definition) is 3. The minimum atomic E-state index is -0.278. The molecule has 1 aromatic heterocycles. The quantitative estimate of drug-likeness (QED) is 0.622. The van der Waals surface area contributed by atoms with E-state index < -0.39 is 0 Å². The molecular formula is C20H21FN4O. The minimum absolute atomic E-state index is 0.0290. The Hall–Kier alpha value is -2.99. The van der Waals surface area contributed by atoms with Crippen molar-refractivity contribution in [1.82, 2.24) is 9.97 Å². The normalized spacial score (nSPS) is 11.8. The summed E-state index contributed by atoms with van der Waals surface area (Å²) in [6.45, 7) is 3.65. The number of nitrogens with one attached hydrogen (secondary N) is 2. The fourth-order valence-electron chi connectivity index (χ4n) is 2.50. The van der Waals surface area contributed by atoms with Crippen LogP contribution in [-0.2, 0) is 0 Å². The number of aromatic nitrogens is 2. The zero-order valence-corrected chi connectivity index (χ0v) is 14.7. The molecule has 0 fully saturated rings. The average Bonchev–Trinajstić information content (AvgIpc) is 2.64. The lowest BCUT2D eigenvalue weighted by molar-refractivity contribution is 0.281. The van der Waals surface area contributed by atoms with E-state index in [1.54, 1.807) is 6.07 Å². The van der Waals surface area contributed by atoms with Crippen LogP contribution >= 0.6 is 0 Å². The molecule has 3 N–H and O–H groups in total. The van der Waals surface area contributed by atoms with E-state index in [1.807, 2.05) is 50.2 Å². The van der Waals surface area contributed by atoms with E-state index in [0.717, 1.165) is 22.5 Å². The van der Waals surface area contributed by atoms with E-state index in [4.69, 9.17) is 0 Å². The van der Waals surface area contributed by atoms with E-state index in [-0.39, 0.29) is 18.5 Å². The smallest absolute Gasteiger partial charge is 0.225 e. The number of benzene rings is 2. The summed E-state index contributed by atoms with van der Waals surface area (Å²) in [5, 5.41) is 15.6. The number of halogens is 1. The van der Waals surface area contributed by atoms with Gasteiger partial charge in [-0.05, 0) is 37.6 Å². The van der Waals surface area contributed by atoms with Crippen LogP contribution in [0.3, 0.4) is 0 Å². The van der Waals surface area contributed by atoms with Crippen LogP contribution in [0.25, 0.3) is 11.3 Å². The predicted molar refractivity (Wildman–Crippen MR) is 102 cm³/mol. The molecule has 0 saturated carbocycles. The van der Waals surface area contributed by atoms with Gasteiger partial charge in [0, 0.05) is 23.4 Å².